The van der Waals surface area contributed by atoms with Crippen LogP contribution in [0.5, 0.6) is 0 Å². The first-order chi connectivity index (χ1) is 9.63. The van der Waals surface area contributed by atoms with Crippen molar-refractivity contribution in [2.75, 3.05) is 0 Å². The summed E-state index contributed by atoms with van der Waals surface area (Å²) in [4.78, 5) is 23.3. The Morgan fingerprint density at radius 2 is 1.85 bits per heavy atom. The standard InChI is InChI=1S/C16H18O4/c1-2-14(11-7-4-3-5-8-11)20-16(19)13-10-6-9-12(13)15(17)18/h2-5,7-8,12-13H,6,9-10H2,1H3,(H,17,18)/b14-2+/t12-,13+/m0/s1. The zero-order valence-electron chi connectivity index (χ0n) is 11.4. The zero-order chi connectivity index (χ0) is 14.5. The van der Waals surface area contributed by atoms with Crippen LogP contribution in [0.25, 0.3) is 5.76 Å². The van der Waals surface area contributed by atoms with Crippen molar-refractivity contribution < 1.29 is 19.4 Å². The zero-order valence-corrected chi connectivity index (χ0v) is 11.4. The van der Waals surface area contributed by atoms with Gasteiger partial charge in [0.25, 0.3) is 0 Å². The molecule has 4 nitrogen and oxygen atoms in total. The highest BCUT2D eigenvalue weighted by Crippen LogP contribution is 2.34. The Labute approximate surface area is 118 Å². The molecule has 2 rings (SSSR count). The first-order valence-electron chi connectivity index (χ1n) is 6.79. The number of carboxylic acids is 1. The Kier molecular flexibility index (Phi) is 4.56. The second-order valence-electron chi connectivity index (χ2n) is 4.92. The third-order valence-corrected chi connectivity index (χ3v) is 3.67. The Bertz CT molecular complexity index is 519. The first-order valence-corrected chi connectivity index (χ1v) is 6.79. The molecule has 1 fully saturated rings. The number of hydrogen-bond donors (Lipinski definition) is 1. The van der Waals surface area contributed by atoms with Gasteiger partial charge in [-0.15, -0.1) is 0 Å². The van der Waals surface area contributed by atoms with E-state index in [9.17, 15) is 9.59 Å². The number of carbonyl (C=O) groups is 2. The van der Waals surface area contributed by atoms with Crippen molar-refractivity contribution in [1.29, 1.82) is 0 Å². The van der Waals surface area contributed by atoms with Gasteiger partial charge in [-0.3, -0.25) is 9.59 Å². The monoisotopic (exact) mass is 274 g/mol. The summed E-state index contributed by atoms with van der Waals surface area (Å²) in [7, 11) is 0. The van der Waals surface area contributed by atoms with Gasteiger partial charge in [-0.2, -0.15) is 0 Å². The number of carboxylic acid groups (broad SMARTS) is 1. The number of hydrogen-bond acceptors (Lipinski definition) is 3. The van der Waals surface area contributed by atoms with E-state index >= 15 is 0 Å². The Morgan fingerprint density at radius 1 is 1.20 bits per heavy atom. The van der Waals surface area contributed by atoms with Crippen molar-refractivity contribution in [2.24, 2.45) is 11.8 Å². The van der Waals surface area contributed by atoms with Gasteiger partial charge in [0.15, 0.2) is 0 Å². The van der Waals surface area contributed by atoms with Crippen LogP contribution in [0.15, 0.2) is 36.4 Å². The highest BCUT2D eigenvalue weighted by atomic mass is 16.5. The maximum atomic E-state index is 12.2. The van der Waals surface area contributed by atoms with Gasteiger partial charge < -0.3 is 9.84 Å². The molecule has 0 bridgehead atoms. The lowest BCUT2D eigenvalue weighted by molar-refractivity contribution is -0.151. The molecular weight excluding hydrogens is 256 g/mol. The molecule has 4 heteroatoms. The fraction of sp³-hybridized carbons (Fsp3) is 0.375. The molecular formula is C16H18O4. The van der Waals surface area contributed by atoms with Crippen molar-refractivity contribution in [1.82, 2.24) is 0 Å². The molecule has 1 saturated carbocycles. The topological polar surface area (TPSA) is 63.6 Å². The van der Waals surface area contributed by atoms with Crippen LogP contribution in [0.3, 0.4) is 0 Å². The molecule has 0 saturated heterocycles. The molecule has 0 unspecified atom stereocenters. The molecule has 0 heterocycles. The van der Waals surface area contributed by atoms with Crippen LogP contribution in [0.4, 0.5) is 0 Å². The fourth-order valence-corrected chi connectivity index (χ4v) is 2.61. The lowest BCUT2D eigenvalue weighted by Gasteiger charge is -2.16. The van der Waals surface area contributed by atoms with Crippen LogP contribution in [-0.4, -0.2) is 17.0 Å². The number of ether oxygens (including phenoxy) is 1. The number of benzene rings is 1. The average molecular weight is 274 g/mol. The molecule has 0 aromatic heterocycles. The lowest BCUT2D eigenvalue weighted by atomic mass is 9.96. The van der Waals surface area contributed by atoms with Gasteiger partial charge in [-0.05, 0) is 25.8 Å². The van der Waals surface area contributed by atoms with Crippen molar-refractivity contribution in [2.45, 2.75) is 26.2 Å². The number of allylic oxidation sites excluding steroid dienone is 1. The summed E-state index contributed by atoms with van der Waals surface area (Å²) in [6.45, 7) is 1.79. The van der Waals surface area contributed by atoms with E-state index < -0.39 is 23.8 Å². The molecule has 1 N–H and O–H groups in total. The van der Waals surface area contributed by atoms with Gasteiger partial charge in [-0.25, -0.2) is 0 Å². The van der Waals surface area contributed by atoms with Gasteiger partial charge in [0.05, 0.1) is 11.8 Å². The SMILES string of the molecule is C/C=C(/OC(=O)[C@@H]1CCC[C@@H]1C(=O)O)c1ccccc1. The van der Waals surface area contributed by atoms with Crippen molar-refractivity contribution in [3.8, 4) is 0 Å². The van der Waals surface area contributed by atoms with E-state index in [1.54, 1.807) is 13.0 Å². The highest BCUT2D eigenvalue weighted by molar-refractivity contribution is 5.85. The first kappa shape index (κ1) is 14.3. The van der Waals surface area contributed by atoms with Crippen molar-refractivity contribution >= 4 is 17.7 Å². The molecule has 0 radical (unpaired) electrons. The number of aliphatic carboxylic acids is 1. The van der Waals surface area contributed by atoms with E-state index in [-0.39, 0.29) is 0 Å². The van der Waals surface area contributed by atoms with E-state index in [4.69, 9.17) is 9.84 Å². The molecule has 20 heavy (non-hydrogen) atoms. The number of esters is 1. The second kappa shape index (κ2) is 6.37. The van der Waals surface area contributed by atoms with Crippen molar-refractivity contribution in [3.63, 3.8) is 0 Å². The minimum absolute atomic E-state index is 0.438. The minimum Gasteiger partial charge on any atom is -0.481 e. The Morgan fingerprint density at radius 3 is 2.45 bits per heavy atom. The van der Waals surface area contributed by atoms with Crippen molar-refractivity contribution in [3.05, 3.63) is 42.0 Å². The van der Waals surface area contributed by atoms with Crippen LogP contribution in [0, 0.1) is 11.8 Å². The summed E-state index contributed by atoms with van der Waals surface area (Å²) in [5.41, 5.74) is 0.813. The van der Waals surface area contributed by atoms with Gasteiger partial charge in [0.2, 0.25) is 0 Å². The van der Waals surface area contributed by atoms with Gasteiger partial charge in [0, 0.05) is 5.56 Å². The molecule has 2 atom stereocenters. The van der Waals surface area contributed by atoms with Crippen LogP contribution in [0.2, 0.25) is 0 Å². The van der Waals surface area contributed by atoms with Crippen LogP contribution in [0.1, 0.15) is 31.7 Å². The van der Waals surface area contributed by atoms with E-state index in [2.05, 4.69) is 0 Å². The quantitative estimate of drug-likeness (QED) is 0.677. The summed E-state index contributed by atoms with van der Waals surface area (Å²) in [6, 6.07) is 9.32. The Hall–Kier alpha value is -2.10. The predicted molar refractivity (Wildman–Crippen MR) is 74.7 cm³/mol. The summed E-state index contributed by atoms with van der Waals surface area (Å²) < 4.78 is 5.41. The fourth-order valence-electron chi connectivity index (χ4n) is 2.61. The van der Waals surface area contributed by atoms with Crippen LogP contribution >= 0.6 is 0 Å². The van der Waals surface area contributed by atoms with Crippen LogP contribution in [-0.2, 0) is 14.3 Å². The maximum absolute atomic E-state index is 12.2. The number of carbonyl (C=O) groups excluding carboxylic acids is 1. The van der Waals surface area contributed by atoms with Crippen LogP contribution < -0.4 is 0 Å². The minimum atomic E-state index is -0.911. The molecule has 1 aromatic carbocycles. The third-order valence-electron chi connectivity index (χ3n) is 3.67. The normalized spacial score (nSPS) is 22.6. The third kappa shape index (κ3) is 3.07. The molecule has 1 aliphatic carbocycles. The summed E-state index contributed by atoms with van der Waals surface area (Å²) in [5, 5.41) is 9.12. The molecule has 0 aliphatic heterocycles. The number of rotatable bonds is 4. The average Bonchev–Trinajstić information content (AvgIpc) is 2.95. The lowest BCUT2D eigenvalue weighted by Crippen LogP contribution is -2.26. The van der Waals surface area contributed by atoms with E-state index in [1.807, 2.05) is 30.3 Å². The largest absolute Gasteiger partial charge is 0.481 e. The maximum Gasteiger partial charge on any atom is 0.315 e. The summed E-state index contributed by atoms with van der Waals surface area (Å²) >= 11 is 0. The van der Waals surface area contributed by atoms with Gasteiger partial charge in [0.1, 0.15) is 5.76 Å². The highest BCUT2D eigenvalue weighted by Gasteiger charge is 2.39. The predicted octanol–water partition coefficient (Wildman–Crippen LogP) is 3.09. The van der Waals surface area contributed by atoms with E-state index in [0.29, 0.717) is 18.6 Å². The molecule has 1 aromatic rings. The smallest absolute Gasteiger partial charge is 0.315 e. The Balaban J connectivity index is 2.09. The summed E-state index contributed by atoms with van der Waals surface area (Å²) in [6.07, 6.45) is 3.61. The molecule has 106 valence electrons. The van der Waals surface area contributed by atoms with Gasteiger partial charge in [-0.1, -0.05) is 36.8 Å². The summed E-state index contributed by atoms with van der Waals surface area (Å²) in [5.74, 6) is -2.02. The second-order valence-corrected chi connectivity index (χ2v) is 4.92. The van der Waals surface area contributed by atoms with E-state index in [0.717, 1.165) is 12.0 Å². The molecule has 0 spiro atoms. The van der Waals surface area contributed by atoms with Gasteiger partial charge >= 0.3 is 11.9 Å². The molecule has 0 amide bonds. The van der Waals surface area contributed by atoms with E-state index in [1.165, 1.54) is 0 Å². The molecule has 1 aliphatic rings.